The van der Waals surface area contributed by atoms with Gasteiger partial charge in [0.25, 0.3) is 0 Å². The van der Waals surface area contributed by atoms with E-state index < -0.39 is 17.2 Å². The number of nitrogens with one attached hydrogen (secondary N) is 1. The molecule has 1 aromatic carbocycles. The van der Waals surface area contributed by atoms with Crippen LogP contribution in [-0.2, 0) is 6.54 Å². The minimum absolute atomic E-state index is 0.264. The van der Waals surface area contributed by atoms with E-state index in [2.05, 4.69) is 5.32 Å². The van der Waals surface area contributed by atoms with Gasteiger partial charge in [-0.3, -0.25) is 0 Å². The predicted molar refractivity (Wildman–Crippen MR) is 59.0 cm³/mol. The summed E-state index contributed by atoms with van der Waals surface area (Å²) in [6.45, 7) is 4.23. The molecule has 0 aliphatic carbocycles. The second kappa shape index (κ2) is 5.37. The molecule has 0 aliphatic heterocycles. The van der Waals surface area contributed by atoms with E-state index in [4.69, 9.17) is 0 Å². The van der Waals surface area contributed by atoms with Gasteiger partial charge in [-0.1, -0.05) is 0 Å². The molecule has 0 aromatic heterocycles. The lowest BCUT2D eigenvalue weighted by molar-refractivity contribution is 0.0711. The normalized spacial score (nSPS) is 11.8. The van der Waals surface area contributed by atoms with Gasteiger partial charge in [-0.05, 0) is 45.0 Å². The van der Waals surface area contributed by atoms with Crippen LogP contribution in [0.1, 0.15) is 25.8 Å². The fourth-order valence-electron chi connectivity index (χ4n) is 1.30. The Hall–Kier alpha value is -1.00. The maximum atomic E-state index is 13.2. The van der Waals surface area contributed by atoms with Crippen LogP contribution in [0.4, 0.5) is 8.78 Å². The van der Waals surface area contributed by atoms with Crippen LogP contribution in [0, 0.1) is 11.6 Å². The van der Waals surface area contributed by atoms with Gasteiger partial charge in [-0.25, -0.2) is 8.78 Å². The Morgan fingerprint density at radius 2 is 2.00 bits per heavy atom. The van der Waals surface area contributed by atoms with Gasteiger partial charge in [0.2, 0.25) is 0 Å². The molecule has 4 heteroatoms. The van der Waals surface area contributed by atoms with E-state index >= 15 is 0 Å². The predicted octanol–water partition coefficient (Wildman–Crippen LogP) is 2.22. The van der Waals surface area contributed by atoms with Crippen molar-refractivity contribution in [3.05, 3.63) is 35.4 Å². The zero-order valence-electron chi connectivity index (χ0n) is 9.56. The highest BCUT2D eigenvalue weighted by Crippen LogP contribution is 2.10. The molecule has 2 nitrogen and oxygen atoms in total. The first kappa shape index (κ1) is 13.1. The summed E-state index contributed by atoms with van der Waals surface area (Å²) >= 11 is 0. The third-order valence-electron chi connectivity index (χ3n) is 2.24. The first-order valence-corrected chi connectivity index (χ1v) is 5.25. The number of hydrogen-bond donors (Lipinski definition) is 2. The Kier molecular flexibility index (Phi) is 4.38. The summed E-state index contributed by atoms with van der Waals surface area (Å²) < 4.78 is 26.0. The quantitative estimate of drug-likeness (QED) is 0.759. The minimum Gasteiger partial charge on any atom is -0.390 e. The fourth-order valence-corrected chi connectivity index (χ4v) is 1.30. The molecule has 0 atom stereocenters. The molecular weight excluding hydrogens is 212 g/mol. The maximum absolute atomic E-state index is 13.2. The van der Waals surface area contributed by atoms with Gasteiger partial charge in [-0.15, -0.1) is 0 Å². The highest BCUT2D eigenvalue weighted by atomic mass is 19.1. The van der Waals surface area contributed by atoms with E-state index in [9.17, 15) is 13.9 Å². The van der Waals surface area contributed by atoms with Crippen LogP contribution in [0.2, 0.25) is 0 Å². The Bertz CT molecular complexity index is 347. The molecule has 0 saturated carbocycles. The van der Waals surface area contributed by atoms with Gasteiger partial charge in [0, 0.05) is 12.1 Å². The molecule has 0 spiro atoms. The number of rotatable bonds is 5. The zero-order valence-corrected chi connectivity index (χ0v) is 9.56. The lowest BCUT2D eigenvalue weighted by Gasteiger charge is -2.17. The van der Waals surface area contributed by atoms with E-state index in [0.29, 0.717) is 18.5 Å². The number of benzene rings is 1. The largest absolute Gasteiger partial charge is 0.390 e. The van der Waals surface area contributed by atoms with Crippen LogP contribution < -0.4 is 5.32 Å². The van der Waals surface area contributed by atoms with Crippen molar-refractivity contribution in [2.45, 2.75) is 32.4 Å². The molecule has 0 unspecified atom stereocenters. The summed E-state index contributed by atoms with van der Waals surface area (Å²) in [4.78, 5) is 0. The molecular formula is C12H17F2NO. The van der Waals surface area contributed by atoms with Gasteiger partial charge in [-0.2, -0.15) is 0 Å². The van der Waals surface area contributed by atoms with Crippen LogP contribution in [0.15, 0.2) is 18.2 Å². The summed E-state index contributed by atoms with van der Waals surface area (Å²) in [5.74, 6) is -0.863. The van der Waals surface area contributed by atoms with Crippen LogP contribution in [-0.4, -0.2) is 17.3 Å². The number of aliphatic hydroxyl groups is 1. The van der Waals surface area contributed by atoms with E-state index in [1.54, 1.807) is 13.8 Å². The van der Waals surface area contributed by atoms with Crippen LogP contribution in [0.5, 0.6) is 0 Å². The van der Waals surface area contributed by atoms with Crippen molar-refractivity contribution in [3.8, 4) is 0 Å². The van der Waals surface area contributed by atoms with E-state index in [1.165, 1.54) is 6.07 Å². The Balaban J connectivity index is 2.40. The molecule has 0 heterocycles. The average Bonchev–Trinajstić information content (AvgIpc) is 2.16. The third-order valence-corrected chi connectivity index (χ3v) is 2.24. The van der Waals surface area contributed by atoms with Crippen LogP contribution in [0.3, 0.4) is 0 Å². The summed E-state index contributed by atoms with van der Waals surface area (Å²) in [5, 5.41) is 12.4. The van der Waals surface area contributed by atoms with Crippen molar-refractivity contribution >= 4 is 0 Å². The molecule has 0 saturated heterocycles. The van der Waals surface area contributed by atoms with E-state index in [-0.39, 0.29) is 6.54 Å². The van der Waals surface area contributed by atoms with Crippen molar-refractivity contribution in [2.75, 3.05) is 6.54 Å². The van der Waals surface area contributed by atoms with Gasteiger partial charge in [0.05, 0.1) is 5.60 Å². The summed E-state index contributed by atoms with van der Waals surface area (Å²) in [6, 6.07) is 3.38. The number of halogens is 2. The Labute approximate surface area is 94.3 Å². The molecule has 0 radical (unpaired) electrons. The Morgan fingerprint density at radius 3 is 2.62 bits per heavy atom. The maximum Gasteiger partial charge on any atom is 0.127 e. The summed E-state index contributed by atoms with van der Waals surface area (Å²) in [5.41, 5.74) is -0.441. The van der Waals surface area contributed by atoms with E-state index in [1.807, 2.05) is 0 Å². The average molecular weight is 229 g/mol. The first-order valence-electron chi connectivity index (χ1n) is 5.25. The number of hydrogen-bond acceptors (Lipinski definition) is 2. The molecule has 0 fully saturated rings. The molecule has 0 aliphatic rings. The van der Waals surface area contributed by atoms with Gasteiger partial charge in [0.1, 0.15) is 11.6 Å². The van der Waals surface area contributed by atoms with Crippen molar-refractivity contribution in [3.63, 3.8) is 0 Å². The molecule has 2 N–H and O–H groups in total. The van der Waals surface area contributed by atoms with Crippen molar-refractivity contribution < 1.29 is 13.9 Å². The van der Waals surface area contributed by atoms with E-state index in [0.717, 1.165) is 12.1 Å². The minimum atomic E-state index is -0.743. The molecule has 90 valence electrons. The fraction of sp³-hybridized carbons (Fsp3) is 0.500. The lowest BCUT2D eigenvalue weighted by Crippen LogP contribution is -2.26. The molecule has 1 rings (SSSR count). The highest BCUT2D eigenvalue weighted by Gasteiger charge is 2.11. The summed E-state index contributed by atoms with van der Waals surface area (Å²) in [7, 11) is 0. The molecule has 16 heavy (non-hydrogen) atoms. The zero-order chi connectivity index (χ0) is 12.2. The Morgan fingerprint density at radius 1 is 1.31 bits per heavy atom. The third kappa shape index (κ3) is 4.68. The first-order chi connectivity index (χ1) is 7.38. The summed E-state index contributed by atoms with van der Waals surface area (Å²) in [6.07, 6.45) is 0.559. The van der Waals surface area contributed by atoms with Crippen molar-refractivity contribution in [2.24, 2.45) is 0 Å². The second-order valence-electron chi connectivity index (χ2n) is 4.47. The second-order valence-corrected chi connectivity index (χ2v) is 4.47. The SMILES string of the molecule is CC(C)(O)CCNCc1cc(F)ccc1F. The molecule has 0 bridgehead atoms. The highest BCUT2D eigenvalue weighted by molar-refractivity contribution is 5.18. The smallest absolute Gasteiger partial charge is 0.127 e. The molecule has 0 amide bonds. The topological polar surface area (TPSA) is 32.3 Å². The monoisotopic (exact) mass is 229 g/mol. The standard InChI is InChI=1S/C12H17F2NO/c1-12(2,16)5-6-15-8-9-7-10(13)3-4-11(9)14/h3-4,7,15-16H,5-6,8H2,1-2H3. The van der Waals surface area contributed by atoms with Crippen LogP contribution >= 0.6 is 0 Å². The lowest BCUT2D eigenvalue weighted by atomic mass is 10.1. The van der Waals surface area contributed by atoms with Gasteiger partial charge >= 0.3 is 0 Å². The molecule has 1 aromatic rings. The van der Waals surface area contributed by atoms with Gasteiger partial charge < -0.3 is 10.4 Å². The van der Waals surface area contributed by atoms with Crippen molar-refractivity contribution in [1.82, 2.24) is 5.32 Å². The van der Waals surface area contributed by atoms with Crippen molar-refractivity contribution in [1.29, 1.82) is 0 Å². The van der Waals surface area contributed by atoms with Gasteiger partial charge in [0.15, 0.2) is 0 Å². The van der Waals surface area contributed by atoms with Crippen LogP contribution in [0.25, 0.3) is 0 Å².